The lowest BCUT2D eigenvalue weighted by Crippen LogP contribution is -2.20. The van der Waals surface area contributed by atoms with Crippen molar-refractivity contribution in [3.05, 3.63) is 0 Å². The highest BCUT2D eigenvalue weighted by atomic mass is 32.1. The lowest BCUT2D eigenvalue weighted by atomic mass is 10.8. The molecule has 0 amide bonds. The highest BCUT2D eigenvalue weighted by Gasteiger charge is 2.31. The normalized spacial score (nSPS) is 19.4. The maximum Gasteiger partial charge on any atom is 0.388 e. The number of thiol groups is 1. The third kappa shape index (κ3) is 1.50. The van der Waals surface area contributed by atoms with Crippen LogP contribution in [0.25, 0.3) is 0 Å². The molecule has 0 unspecified atom stereocenters. The molecule has 0 fully saturated rings. The van der Waals surface area contributed by atoms with E-state index in [0.29, 0.717) is 0 Å². The molecule has 10 heavy (non-hydrogen) atoms. The quantitative estimate of drug-likeness (QED) is 0.352. The van der Waals surface area contributed by atoms with E-state index in [1.54, 1.807) is 0 Å². The maximum absolute atomic E-state index is 10.3. The van der Waals surface area contributed by atoms with Crippen LogP contribution >= 0.6 is 12.6 Å². The fraction of sp³-hybridized carbons (Fsp3) is 0.667. The van der Waals surface area contributed by atoms with Crippen LogP contribution in [0.2, 0.25) is 0 Å². The van der Waals surface area contributed by atoms with Gasteiger partial charge in [0.25, 0.3) is 0 Å². The lowest BCUT2D eigenvalue weighted by molar-refractivity contribution is -0.147. The van der Waals surface area contributed by atoms with Crippen LogP contribution in [0.4, 0.5) is 0 Å². The van der Waals surface area contributed by atoms with Crippen molar-refractivity contribution in [3.8, 4) is 0 Å². The number of nitrogens with zero attached hydrogens (tertiary/aromatic N) is 4. The number of carbonyl (C=O) groups excluding carboxylic acids is 1. The van der Waals surface area contributed by atoms with Gasteiger partial charge in [0.15, 0.2) is 0 Å². The Morgan fingerprint density at radius 2 is 2.00 bits per heavy atom. The second kappa shape index (κ2) is 2.33. The standard InChI is InChI=1S/C3H4N4O2S/c1-2(8)9-3(10)4-6-7-5-3/h10H,1H3. The summed E-state index contributed by atoms with van der Waals surface area (Å²) < 4.78 is 4.50. The van der Waals surface area contributed by atoms with Crippen molar-refractivity contribution in [2.45, 2.75) is 12.1 Å². The Morgan fingerprint density at radius 1 is 1.50 bits per heavy atom. The van der Waals surface area contributed by atoms with Gasteiger partial charge in [-0.15, -0.1) is 0 Å². The van der Waals surface area contributed by atoms with E-state index in [0.717, 1.165) is 0 Å². The minimum atomic E-state index is -1.52. The Kier molecular flexibility index (Phi) is 1.66. The summed E-state index contributed by atoms with van der Waals surface area (Å²) in [6, 6.07) is 0. The van der Waals surface area contributed by atoms with Gasteiger partial charge in [-0.3, -0.25) is 4.79 Å². The molecule has 0 aromatic rings. The summed E-state index contributed by atoms with van der Waals surface area (Å²) in [5.41, 5.74) is 0. The second-order valence-electron chi connectivity index (χ2n) is 1.55. The van der Waals surface area contributed by atoms with Crippen molar-refractivity contribution in [2.24, 2.45) is 20.7 Å². The Morgan fingerprint density at radius 3 is 2.40 bits per heavy atom. The summed E-state index contributed by atoms with van der Waals surface area (Å²) in [4.78, 5) is 10.3. The predicted molar refractivity (Wildman–Crippen MR) is 33.2 cm³/mol. The van der Waals surface area contributed by atoms with Gasteiger partial charge in [0.05, 0.1) is 0 Å². The third-order valence-corrected chi connectivity index (χ3v) is 0.941. The molecule has 0 saturated carbocycles. The molecule has 0 aliphatic carbocycles. The molecule has 0 saturated heterocycles. The predicted octanol–water partition coefficient (Wildman–Crippen LogP) is 0.924. The van der Waals surface area contributed by atoms with Crippen LogP contribution in [0, 0.1) is 0 Å². The molecule has 54 valence electrons. The van der Waals surface area contributed by atoms with E-state index in [-0.39, 0.29) is 0 Å². The van der Waals surface area contributed by atoms with E-state index in [1.807, 2.05) is 0 Å². The van der Waals surface area contributed by atoms with Crippen LogP contribution in [0.15, 0.2) is 20.7 Å². The number of hydrogen-bond acceptors (Lipinski definition) is 7. The zero-order chi connectivity index (χ0) is 7.61. The monoisotopic (exact) mass is 160 g/mol. The van der Waals surface area contributed by atoms with Crippen LogP contribution in [0.3, 0.4) is 0 Å². The molecule has 7 heteroatoms. The van der Waals surface area contributed by atoms with Crippen molar-refractivity contribution >= 4 is 18.6 Å². The first-order valence-corrected chi connectivity index (χ1v) is 2.83. The van der Waals surface area contributed by atoms with Gasteiger partial charge in [0, 0.05) is 6.92 Å². The smallest absolute Gasteiger partial charge is 0.388 e. The molecule has 0 aromatic carbocycles. The summed E-state index contributed by atoms with van der Waals surface area (Å²) in [6.45, 7) is 1.22. The van der Waals surface area contributed by atoms with Crippen LogP contribution < -0.4 is 0 Å². The summed E-state index contributed by atoms with van der Waals surface area (Å²) in [6.07, 6.45) is 0. The second-order valence-corrected chi connectivity index (χ2v) is 2.13. The minimum Gasteiger partial charge on any atom is -0.405 e. The Hall–Kier alpha value is -0.980. The SMILES string of the molecule is CC(=O)OC1(S)N=NN=N1. The molecule has 0 atom stereocenters. The van der Waals surface area contributed by atoms with Crippen molar-refractivity contribution in [1.29, 1.82) is 0 Å². The third-order valence-electron chi connectivity index (χ3n) is 0.671. The molecular formula is C3H4N4O2S. The molecule has 1 aliphatic rings. The van der Waals surface area contributed by atoms with Gasteiger partial charge >= 0.3 is 11.2 Å². The van der Waals surface area contributed by atoms with Crippen LogP contribution in [0.5, 0.6) is 0 Å². The first kappa shape index (κ1) is 7.13. The van der Waals surface area contributed by atoms with Gasteiger partial charge in [-0.25, -0.2) is 0 Å². The van der Waals surface area contributed by atoms with Crippen LogP contribution in [-0.2, 0) is 9.53 Å². The number of ether oxygens (including phenoxy) is 1. The average Bonchev–Trinajstić information content (AvgIpc) is 2.12. The van der Waals surface area contributed by atoms with Gasteiger partial charge in [-0.1, -0.05) is 22.9 Å². The van der Waals surface area contributed by atoms with Gasteiger partial charge in [0.2, 0.25) is 0 Å². The van der Waals surface area contributed by atoms with Crippen LogP contribution in [-0.4, -0.2) is 11.2 Å². The highest BCUT2D eigenvalue weighted by Crippen LogP contribution is 2.25. The van der Waals surface area contributed by atoms with Crippen molar-refractivity contribution in [2.75, 3.05) is 0 Å². The molecule has 0 radical (unpaired) electrons. The van der Waals surface area contributed by atoms with E-state index >= 15 is 0 Å². The number of esters is 1. The molecule has 6 nitrogen and oxygen atoms in total. The fourth-order valence-corrected chi connectivity index (χ4v) is 0.619. The highest BCUT2D eigenvalue weighted by molar-refractivity contribution is 7.81. The Bertz CT molecular complexity index is 201. The molecule has 1 aliphatic heterocycles. The van der Waals surface area contributed by atoms with Gasteiger partial charge in [-0.2, -0.15) is 0 Å². The van der Waals surface area contributed by atoms with E-state index in [2.05, 4.69) is 38.0 Å². The summed E-state index contributed by atoms with van der Waals surface area (Å²) >= 11 is 3.76. The number of rotatable bonds is 1. The van der Waals surface area contributed by atoms with Crippen LogP contribution in [0.1, 0.15) is 6.92 Å². The topological polar surface area (TPSA) is 75.7 Å². The van der Waals surface area contributed by atoms with E-state index in [1.165, 1.54) is 6.92 Å². The van der Waals surface area contributed by atoms with Crippen molar-refractivity contribution in [1.82, 2.24) is 0 Å². The number of hydrogen-bond donors (Lipinski definition) is 1. The Balaban J connectivity index is 2.62. The molecular weight excluding hydrogens is 156 g/mol. The summed E-state index contributed by atoms with van der Waals surface area (Å²) in [5, 5.41) is 11.4. The molecule has 1 heterocycles. The molecule has 0 N–H and O–H groups in total. The van der Waals surface area contributed by atoms with Gasteiger partial charge in [-0.05, 0) is 10.4 Å². The molecule has 0 spiro atoms. The zero-order valence-electron chi connectivity index (χ0n) is 5.05. The first-order chi connectivity index (χ1) is 4.62. The van der Waals surface area contributed by atoms with Crippen molar-refractivity contribution < 1.29 is 9.53 Å². The van der Waals surface area contributed by atoms with Crippen molar-refractivity contribution in [3.63, 3.8) is 0 Å². The summed E-state index contributed by atoms with van der Waals surface area (Å²) in [7, 11) is 0. The lowest BCUT2D eigenvalue weighted by Gasteiger charge is -2.10. The first-order valence-electron chi connectivity index (χ1n) is 2.38. The zero-order valence-corrected chi connectivity index (χ0v) is 5.95. The van der Waals surface area contributed by atoms with Gasteiger partial charge < -0.3 is 4.74 Å². The summed E-state index contributed by atoms with van der Waals surface area (Å²) in [5.74, 6) is -0.533. The Labute approximate surface area is 61.8 Å². The molecule has 1 rings (SSSR count). The maximum atomic E-state index is 10.3. The van der Waals surface area contributed by atoms with E-state index in [4.69, 9.17) is 0 Å². The number of carbonyl (C=O) groups is 1. The minimum absolute atomic E-state index is 0.533. The average molecular weight is 160 g/mol. The molecule has 0 bridgehead atoms. The van der Waals surface area contributed by atoms with E-state index < -0.39 is 11.2 Å². The largest absolute Gasteiger partial charge is 0.405 e. The van der Waals surface area contributed by atoms with E-state index in [9.17, 15) is 4.79 Å². The molecule has 0 aromatic heterocycles. The fourth-order valence-electron chi connectivity index (χ4n) is 0.410. The van der Waals surface area contributed by atoms with Gasteiger partial charge in [0.1, 0.15) is 0 Å².